The highest BCUT2D eigenvalue weighted by Crippen LogP contribution is 2.21. The SMILES string of the molecule is CN=C(NCCCCOCCOC)N1CCN(c2cc(F)ccc2F)CC1. The van der Waals surface area contributed by atoms with Gasteiger partial charge in [-0.2, -0.15) is 0 Å². The van der Waals surface area contributed by atoms with E-state index in [1.54, 1.807) is 14.2 Å². The Bertz CT molecular complexity index is 593. The number of nitrogens with one attached hydrogen (secondary N) is 1. The summed E-state index contributed by atoms with van der Waals surface area (Å²) in [6, 6.07) is 3.58. The highest BCUT2D eigenvalue weighted by Gasteiger charge is 2.21. The van der Waals surface area contributed by atoms with E-state index >= 15 is 0 Å². The molecule has 1 saturated heterocycles. The van der Waals surface area contributed by atoms with Crippen LogP contribution in [-0.2, 0) is 9.47 Å². The average Bonchev–Trinajstić information content (AvgIpc) is 2.69. The smallest absolute Gasteiger partial charge is 0.193 e. The Hall–Kier alpha value is -1.93. The number of nitrogens with zero attached hydrogens (tertiary/aromatic N) is 3. The van der Waals surface area contributed by atoms with Crippen LogP contribution in [-0.4, -0.2) is 77.6 Å². The molecule has 0 aliphatic carbocycles. The van der Waals surface area contributed by atoms with Crippen LogP contribution in [0.4, 0.5) is 14.5 Å². The number of unbranched alkanes of at least 4 members (excludes halogenated alkanes) is 1. The van der Waals surface area contributed by atoms with Crippen molar-refractivity contribution in [3.63, 3.8) is 0 Å². The van der Waals surface area contributed by atoms with E-state index < -0.39 is 5.82 Å². The monoisotopic (exact) mass is 384 g/mol. The van der Waals surface area contributed by atoms with E-state index in [4.69, 9.17) is 9.47 Å². The van der Waals surface area contributed by atoms with Crippen LogP contribution < -0.4 is 10.2 Å². The lowest BCUT2D eigenvalue weighted by atomic mass is 10.2. The molecule has 0 saturated carbocycles. The van der Waals surface area contributed by atoms with Gasteiger partial charge >= 0.3 is 0 Å². The van der Waals surface area contributed by atoms with Crippen molar-refractivity contribution in [3.8, 4) is 0 Å². The molecular weight excluding hydrogens is 354 g/mol. The molecule has 1 N–H and O–H groups in total. The summed E-state index contributed by atoms with van der Waals surface area (Å²) in [5.74, 6) is 0.0345. The Balaban J connectivity index is 1.70. The first kappa shape index (κ1) is 21.4. The van der Waals surface area contributed by atoms with Crippen LogP contribution in [0.1, 0.15) is 12.8 Å². The fraction of sp³-hybridized carbons (Fsp3) is 0.632. The third-order valence-corrected chi connectivity index (χ3v) is 4.47. The first-order valence-electron chi connectivity index (χ1n) is 9.38. The van der Waals surface area contributed by atoms with Crippen LogP contribution in [0.25, 0.3) is 0 Å². The molecule has 1 heterocycles. The van der Waals surface area contributed by atoms with Gasteiger partial charge in [-0.3, -0.25) is 4.99 Å². The average molecular weight is 384 g/mol. The van der Waals surface area contributed by atoms with Gasteiger partial charge in [-0.1, -0.05) is 0 Å². The van der Waals surface area contributed by atoms with Gasteiger partial charge in [0.15, 0.2) is 5.96 Å². The fourth-order valence-electron chi connectivity index (χ4n) is 2.99. The molecule has 6 nitrogen and oxygen atoms in total. The second kappa shape index (κ2) is 11.7. The van der Waals surface area contributed by atoms with E-state index in [9.17, 15) is 8.78 Å². The molecule has 0 aromatic heterocycles. The number of benzene rings is 1. The molecule has 1 aliphatic rings. The van der Waals surface area contributed by atoms with E-state index in [-0.39, 0.29) is 5.82 Å². The predicted octanol–water partition coefficient (Wildman–Crippen LogP) is 2.11. The van der Waals surface area contributed by atoms with Gasteiger partial charge in [-0.25, -0.2) is 8.78 Å². The summed E-state index contributed by atoms with van der Waals surface area (Å²) in [5, 5.41) is 3.36. The van der Waals surface area contributed by atoms with E-state index in [0.29, 0.717) is 45.1 Å². The maximum Gasteiger partial charge on any atom is 0.193 e. The van der Waals surface area contributed by atoms with Gasteiger partial charge in [0, 0.05) is 59.6 Å². The molecule has 0 bridgehead atoms. The molecule has 0 amide bonds. The second-order valence-electron chi connectivity index (χ2n) is 6.36. The summed E-state index contributed by atoms with van der Waals surface area (Å²) >= 11 is 0. The van der Waals surface area contributed by atoms with Gasteiger partial charge in [-0.05, 0) is 25.0 Å². The van der Waals surface area contributed by atoms with Crippen LogP contribution in [0.3, 0.4) is 0 Å². The van der Waals surface area contributed by atoms with Crippen molar-refractivity contribution in [1.82, 2.24) is 10.2 Å². The molecule has 1 aromatic rings. The molecule has 1 aliphatic heterocycles. The molecular formula is C19H30F2N4O2. The fourth-order valence-corrected chi connectivity index (χ4v) is 2.99. The normalized spacial score (nSPS) is 15.3. The van der Waals surface area contributed by atoms with Crippen molar-refractivity contribution in [2.45, 2.75) is 12.8 Å². The van der Waals surface area contributed by atoms with Crippen molar-refractivity contribution in [1.29, 1.82) is 0 Å². The van der Waals surface area contributed by atoms with Gasteiger partial charge in [0.05, 0.1) is 18.9 Å². The van der Waals surface area contributed by atoms with E-state index in [1.807, 2.05) is 4.90 Å². The maximum atomic E-state index is 13.9. The number of aliphatic imine (C=N–C) groups is 1. The largest absolute Gasteiger partial charge is 0.382 e. The minimum Gasteiger partial charge on any atom is -0.382 e. The number of rotatable bonds is 9. The molecule has 0 spiro atoms. The number of guanidine groups is 1. The van der Waals surface area contributed by atoms with E-state index in [2.05, 4.69) is 15.2 Å². The Morgan fingerprint density at radius 2 is 1.89 bits per heavy atom. The molecule has 0 atom stereocenters. The summed E-state index contributed by atoms with van der Waals surface area (Å²) in [5.41, 5.74) is 0.325. The van der Waals surface area contributed by atoms with Crippen molar-refractivity contribution >= 4 is 11.6 Å². The minimum absolute atomic E-state index is 0.325. The summed E-state index contributed by atoms with van der Waals surface area (Å²) in [4.78, 5) is 8.35. The standard InChI is InChI=1S/C19H30F2N4O2/c1-22-19(23-7-3-4-12-27-14-13-26-2)25-10-8-24(9-11-25)18-15-16(20)5-6-17(18)21/h5-6,15H,3-4,7-14H2,1-2H3,(H,22,23). The lowest BCUT2D eigenvalue weighted by Crippen LogP contribution is -2.52. The zero-order valence-corrected chi connectivity index (χ0v) is 16.2. The molecule has 2 rings (SSSR count). The third kappa shape index (κ3) is 6.95. The highest BCUT2D eigenvalue weighted by atomic mass is 19.1. The van der Waals surface area contributed by atoms with E-state index in [1.165, 1.54) is 12.1 Å². The molecule has 1 aromatic carbocycles. The Morgan fingerprint density at radius 3 is 2.59 bits per heavy atom. The first-order chi connectivity index (χ1) is 13.2. The zero-order chi connectivity index (χ0) is 19.5. The molecule has 8 heteroatoms. The van der Waals surface area contributed by atoms with E-state index in [0.717, 1.165) is 38.0 Å². The number of piperazine rings is 1. The van der Waals surface area contributed by atoms with Gasteiger partial charge in [0.25, 0.3) is 0 Å². The van der Waals surface area contributed by atoms with Gasteiger partial charge < -0.3 is 24.6 Å². The number of halogens is 2. The van der Waals surface area contributed by atoms with Crippen LogP contribution in [0.15, 0.2) is 23.2 Å². The third-order valence-electron chi connectivity index (χ3n) is 4.47. The molecule has 0 radical (unpaired) electrons. The quantitative estimate of drug-likeness (QED) is 0.401. The summed E-state index contributed by atoms with van der Waals surface area (Å²) in [6.07, 6.45) is 1.96. The van der Waals surface area contributed by atoms with Gasteiger partial charge in [0.2, 0.25) is 0 Å². The maximum absolute atomic E-state index is 13.9. The van der Waals surface area contributed by atoms with Crippen molar-refractivity contribution < 1.29 is 18.3 Å². The topological polar surface area (TPSA) is 49.3 Å². The van der Waals surface area contributed by atoms with Gasteiger partial charge in [-0.15, -0.1) is 0 Å². The van der Waals surface area contributed by atoms with Crippen LogP contribution in [0, 0.1) is 11.6 Å². The molecule has 0 unspecified atom stereocenters. The Kier molecular flexibility index (Phi) is 9.27. The lowest BCUT2D eigenvalue weighted by Gasteiger charge is -2.37. The summed E-state index contributed by atoms with van der Waals surface area (Å²) in [7, 11) is 3.42. The Labute approximate surface area is 160 Å². The predicted molar refractivity (Wildman–Crippen MR) is 103 cm³/mol. The first-order valence-corrected chi connectivity index (χ1v) is 9.38. The highest BCUT2D eigenvalue weighted by molar-refractivity contribution is 5.80. The van der Waals surface area contributed by atoms with Crippen LogP contribution in [0.2, 0.25) is 0 Å². The number of ether oxygens (including phenoxy) is 2. The number of methoxy groups -OCH3 is 1. The van der Waals surface area contributed by atoms with Crippen molar-refractivity contribution in [2.24, 2.45) is 4.99 Å². The second-order valence-corrected chi connectivity index (χ2v) is 6.36. The number of anilines is 1. The lowest BCUT2D eigenvalue weighted by molar-refractivity contribution is 0.0689. The minimum atomic E-state index is -0.419. The van der Waals surface area contributed by atoms with Gasteiger partial charge in [0.1, 0.15) is 11.6 Å². The van der Waals surface area contributed by atoms with Crippen molar-refractivity contribution in [2.75, 3.05) is 71.6 Å². The molecule has 27 heavy (non-hydrogen) atoms. The van der Waals surface area contributed by atoms with Crippen molar-refractivity contribution in [3.05, 3.63) is 29.8 Å². The number of hydrogen-bond acceptors (Lipinski definition) is 4. The molecule has 1 fully saturated rings. The summed E-state index contributed by atoms with van der Waals surface area (Å²) in [6.45, 7) is 5.44. The zero-order valence-electron chi connectivity index (χ0n) is 16.2. The number of hydrogen-bond donors (Lipinski definition) is 1. The summed E-state index contributed by atoms with van der Waals surface area (Å²) < 4.78 is 37.7. The molecule has 152 valence electrons. The van der Waals surface area contributed by atoms with Crippen LogP contribution in [0.5, 0.6) is 0 Å². The Morgan fingerprint density at radius 1 is 1.11 bits per heavy atom. The van der Waals surface area contributed by atoms with Crippen LogP contribution >= 0.6 is 0 Å².